The first-order valence-electron chi connectivity index (χ1n) is 6.96. The molecule has 0 amide bonds. The Hall–Kier alpha value is -2.81. The fraction of sp³-hybridized carbons (Fsp3) is 0.167. The molecule has 0 aromatic heterocycles. The van der Waals surface area contributed by atoms with Gasteiger partial charge in [-0.1, -0.05) is 17.9 Å². The maximum absolute atomic E-state index is 13.9. The predicted octanol–water partition coefficient (Wildman–Crippen LogP) is 4.32. The number of alkyl halides is 2. The highest BCUT2D eigenvalue weighted by Gasteiger charge is 2.12. The van der Waals surface area contributed by atoms with Gasteiger partial charge < -0.3 is 5.11 Å². The summed E-state index contributed by atoms with van der Waals surface area (Å²) < 4.78 is 52.7. The van der Waals surface area contributed by atoms with Gasteiger partial charge in [0, 0.05) is 23.1 Å². The zero-order valence-corrected chi connectivity index (χ0v) is 12.3. The number of hydrogen-bond acceptors (Lipinski definition) is 1. The van der Waals surface area contributed by atoms with Crippen molar-refractivity contribution in [2.24, 2.45) is 0 Å². The van der Waals surface area contributed by atoms with Crippen LogP contribution in [-0.2, 0) is 11.2 Å². The van der Waals surface area contributed by atoms with Crippen molar-refractivity contribution in [3.05, 3.63) is 70.3 Å². The van der Waals surface area contributed by atoms with Crippen molar-refractivity contribution in [1.82, 2.24) is 0 Å². The summed E-state index contributed by atoms with van der Waals surface area (Å²) >= 11 is 0. The van der Waals surface area contributed by atoms with Crippen LogP contribution in [0.1, 0.15) is 35.1 Å². The monoisotopic (exact) mass is 336 g/mol. The van der Waals surface area contributed by atoms with E-state index >= 15 is 0 Å². The maximum atomic E-state index is 13.9. The molecule has 24 heavy (non-hydrogen) atoms. The van der Waals surface area contributed by atoms with Gasteiger partial charge >= 0.3 is 5.97 Å². The molecule has 0 aliphatic heterocycles. The molecule has 2 nitrogen and oxygen atoms in total. The lowest BCUT2D eigenvalue weighted by Crippen LogP contribution is -1.99. The van der Waals surface area contributed by atoms with Crippen LogP contribution in [0.2, 0.25) is 0 Å². The number of aliphatic carboxylic acids is 1. The lowest BCUT2D eigenvalue weighted by atomic mass is 10.0. The number of carboxylic acids is 1. The zero-order valence-electron chi connectivity index (χ0n) is 12.3. The molecule has 2 aromatic rings. The van der Waals surface area contributed by atoms with Crippen LogP contribution in [0, 0.1) is 23.5 Å². The molecule has 0 aliphatic rings. The molecule has 0 saturated heterocycles. The largest absolute Gasteiger partial charge is 0.481 e. The van der Waals surface area contributed by atoms with E-state index in [1.807, 2.05) is 0 Å². The van der Waals surface area contributed by atoms with E-state index in [1.165, 1.54) is 12.1 Å². The first-order valence-corrected chi connectivity index (χ1v) is 6.96. The van der Waals surface area contributed by atoms with Gasteiger partial charge in [-0.15, -0.1) is 0 Å². The van der Waals surface area contributed by atoms with Crippen molar-refractivity contribution < 1.29 is 27.5 Å². The third-order valence-corrected chi connectivity index (χ3v) is 3.25. The average molecular weight is 336 g/mol. The van der Waals surface area contributed by atoms with E-state index < -0.39 is 29.6 Å². The first-order chi connectivity index (χ1) is 11.4. The Balaban J connectivity index is 2.27. The molecule has 0 fully saturated rings. The number of halogens is 4. The molecule has 124 valence electrons. The highest BCUT2D eigenvalue weighted by molar-refractivity contribution is 5.67. The molecule has 6 heteroatoms. The number of aryl methyl sites for hydroxylation is 1. The van der Waals surface area contributed by atoms with Gasteiger partial charge in [-0.05, 0) is 42.3 Å². The molecule has 0 spiro atoms. The van der Waals surface area contributed by atoms with E-state index in [-0.39, 0.29) is 29.5 Å². The molecule has 0 atom stereocenters. The third-order valence-electron chi connectivity index (χ3n) is 3.25. The molecule has 0 aliphatic carbocycles. The summed E-state index contributed by atoms with van der Waals surface area (Å²) in [5.74, 6) is 2.57. The highest BCUT2D eigenvalue weighted by Crippen LogP contribution is 2.23. The molecule has 0 unspecified atom stereocenters. The molecule has 2 rings (SSSR count). The van der Waals surface area contributed by atoms with Crippen LogP contribution in [-0.4, -0.2) is 11.1 Å². The molecular formula is C18H12F4O2. The topological polar surface area (TPSA) is 37.3 Å². The van der Waals surface area contributed by atoms with Crippen LogP contribution in [0.5, 0.6) is 0 Å². The second-order valence-corrected chi connectivity index (χ2v) is 4.98. The van der Waals surface area contributed by atoms with Crippen LogP contribution in [0.25, 0.3) is 0 Å². The normalized spacial score (nSPS) is 10.4. The first kappa shape index (κ1) is 17.5. The summed E-state index contributed by atoms with van der Waals surface area (Å²) in [7, 11) is 0. The standard InChI is InChI=1S/C18H12F4O2/c19-14-6-7-15(18(21)22)13(10-14)4-2-11-1-3-12(16(20)9-11)5-8-17(23)24/h1,3,6-7,9-10,18H,5,8H2,(H,23,24). The van der Waals surface area contributed by atoms with Gasteiger partial charge in [0.1, 0.15) is 11.6 Å². The third kappa shape index (κ3) is 4.59. The van der Waals surface area contributed by atoms with E-state index in [2.05, 4.69) is 11.8 Å². The second kappa shape index (κ2) is 7.64. The average Bonchev–Trinajstić information content (AvgIpc) is 2.51. The highest BCUT2D eigenvalue weighted by atomic mass is 19.3. The van der Waals surface area contributed by atoms with Crippen molar-refractivity contribution in [1.29, 1.82) is 0 Å². The number of rotatable bonds is 4. The Morgan fingerprint density at radius 3 is 2.46 bits per heavy atom. The molecule has 1 N–H and O–H groups in total. The molecule has 0 radical (unpaired) electrons. The Kier molecular flexibility index (Phi) is 5.59. The fourth-order valence-electron chi connectivity index (χ4n) is 2.04. The summed E-state index contributed by atoms with van der Waals surface area (Å²) in [5.41, 5.74) is -0.124. The van der Waals surface area contributed by atoms with Crippen LogP contribution < -0.4 is 0 Å². The van der Waals surface area contributed by atoms with E-state index in [4.69, 9.17) is 5.11 Å². The molecular weight excluding hydrogens is 324 g/mol. The minimum absolute atomic E-state index is 0.0360. The maximum Gasteiger partial charge on any atom is 0.303 e. The van der Waals surface area contributed by atoms with Gasteiger partial charge in [-0.3, -0.25) is 4.79 Å². The lowest BCUT2D eigenvalue weighted by molar-refractivity contribution is -0.136. The van der Waals surface area contributed by atoms with Gasteiger partial charge in [0.15, 0.2) is 0 Å². The van der Waals surface area contributed by atoms with E-state index in [9.17, 15) is 22.4 Å². The molecule has 0 heterocycles. The zero-order chi connectivity index (χ0) is 17.7. The van der Waals surface area contributed by atoms with Crippen LogP contribution >= 0.6 is 0 Å². The second-order valence-electron chi connectivity index (χ2n) is 4.98. The SMILES string of the molecule is O=C(O)CCc1ccc(C#Cc2cc(F)ccc2C(F)F)cc1F. The van der Waals surface area contributed by atoms with Gasteiger partial charge in [-0.25, -0.2) is 17.6 Å². The lowest BCUT2D eigenvalue weighted by Gasteiger charge is -2.03. The summed E-state index contributed by atoms with van der Waals surface area (Å²) in [5, 5.41) is 8.59. The van der Waals surface area contributed by atoms with Crippen molar-refractivity contribution in [3.63, 3.8) is 0 Å². The van der Waals surface area contributed by atoms with Crippen LogP contribution in [0.3, 0.4) is 0 Å². The fourth-order valence-corrected chi connectivity index (χ4v) is 2.04. The quantitative estimate of drug-likeness (QED) is 0.667. The number of carboxylic acid groups (broad SMARTS) is 1. The Morgan fingerprint density at radius 1 is 1.08 bits per heavy atom. The predicted molar refractivity (Wildman–Crippen MR) is 79.7 cm³/mol. The van der Waals surface area contributed by atoms with E-state index in [0.717, 1.165) is 24.3 Å². The Bertz CT molecular complexity index is 819. The summed E-state index contributed by atoms with van der Waals surface area (Å²) in [4.78, 5) is 10.5. The van der Waals surface area contributed by atoms with Crippen LogP contribution in [0.4, 0.5) is 17.6 Å². The molecule has 0 bridgehead atoms. The minimum Gasteiger partial charge on any atom is -0.481 e. The Morgan fingerprint density at radius 2 is 1.83 bits per heavy atom. The van der Waals surface area contributed by atoms with Gasteiger partial charge in [0.05, 0.1) is 0 Å². The Labute approximate surface area is 135 Å². The van der Waals surface area contributed by atoms with Crippen molar-refractivity contribution in [2.45, 2.75) is 19.3 Å². The van der Waals surface area contributed by atoms with Gasteiger partial charge in [0.2, 0.25) is 0 Å². The van der Waals surface area contributed by atoms with E-state index in [0.29, 0.717) is 0 Å². The van der Waals surface area contributed by atoms with Crippen molar-refractivity contribution in [2.75, 3.05) is 0 Å². The summed E-state index contributed by atoms with van der Waals surface area (Å²) in [6.07, 6.45) is -2.97. The molecule has 2 aromatic carbocycles. The van der Waals surface area contributed by atoms with Crippen molar-refractivity contribution in [3.8, 4) is 11.8 Å². The smallest absolute Gasteiger partial charge is 0.303 e. The summed E-state index contributed by atoms with van der Waals surface area (Å²) in [6, 6.07) is 6.71. The summed E-state index contributed by atoms with van der Waals surface area (Å²) in [6.45, 7) is 0. The number of benzene rings is 2. The van der Waals surface area contributed by atoms with E-state index in [1.54, 1.807) is 0 Å². The minimum atomic E-state index is -2.80. The van der Waals surface area contributed by atoms with Crippen LogP contribution in [0.15, 0.2) is 36.4 Å². The van der Waals surface area contributed by atoms with Crippen molar-refractivity contribution >= 4 is 5.97 Å². The van der Waals surface area contributed by atoms with Gasteiger partial charge in [0.25, 0.3) is 6.43 Å². The molecule has 0 saturated carbocycles. The number of hydrogen-bond donors (Lipinski definition) is 1. The number of carbonyl (C=O) groups is 1. The van der Waals surface area contributed by atoms with Gasteiger partial charge in [-0.2, -0.15) is 0 Å².